The van der Waals surface area contributed by atoms with Gasteiger partial charge in [-0.2, -0.15) is 0 Å². The molecule has 3 rings (SSSR count). The first kappa shape index (κ1) is 16.1. The van der Waals surface area contributed by atoms with E-state index < -0.39 is 0 Å². The zero-order valence-corrected chi connectivity index (χ0v) is 13.8. The Balaban J connectivity index is 1.86. The third-order valence-electron chi connectivity index (χ3n) is 4.11. The van der Waals surface area contributed by atoms with Crippen molar-refractivity contribution in [1.29, 1.82) is 0 Å². The van der Waals surface area contributed by atoms with Gasteiger partial charge in [0, 0.05) is 12.5 Å². The summed E-state index contributed by atoms with van der Waals surface area (Å²) >= 11 is 0. The molecule has 0 saturated heterocycles. The van der Waals surface area contributed by atoms with Gasteiger partial charge in [0.2, 0.25) is 5.91 Å². The third kappa shape index (κ3) is 3.40. The second kappa shape index (κ2) is 6.74. The van der Waals surface area contributed by atoms with Crippen molar-refractivity contribution >= 4 is 23.2 Å². The molecular formula is C19H21N3O2. The summed E-state index contributed by atoms with van der Waals surface area (Å²) in [6, 6.07) is 15.0. The summed E-state index contributed by atoms with van der Waals surface area (Å²) in [6.45, 7) is 3.88. The summed E-state index contributed by atoms with van der Waals surface area (Å²) in [7, 11) is 0. The maximum atomic E-state index is 12.7. The van der Waals surface area contributed by atoms with Crippen LogP contribution in [0.5, 0.6) is 0 Å². The van der Waals surface area contributed by atoms with Crippen LogP contribution >= 0.6 is 0 Å². The summed E-state index contributed by atoms with van der Waals surface area (Å²) in [6.07, 6.45) is 0.371. The van der Waals surface area contributed by atoms with Crippen molar-refractivity contribution in [2.75, 3.05) is 10.6 Å². The van der Waals surface area contributed by atoms with Gasteiger partial charge in [0.05, 0.1) is 23.0 Å². The average molecular weight is 323 g/mol. The Bertz CT molecular complexity index is 758. The molecule has 2 aromatic rings. The van der Waals surface area contributed by atoms with Crippen LogP contribution in [0, 0.1) is 0 Å². The topological polar surface area (TPSA) is 70.2 Å². The third-order valence-corrected chi connectivity index (χ3v) is 4.11. The van der Waals surface area contributed by atoms with E-state index >= 15 is 0 Å². The molecule has 5 heteroatoms. The molecule has 2 aromatic carbocycles. The Morgan fingerprint density at radius 1 is 1.17 bits per heavy atom. The highest BCUT2D eigenvalue weighted by molar-refractivity contribution is 6.06. The van der Waals surface area contributed by atoms with E-state index in [9.17, 15) is 9.59 Å². The molecule has 2 amide bonds. The van der Waals surface area contributed by atoms with Crippen LogP contribution in [0.1, 0.15) is 42.2 Å². The number of anilines is 2. The number of benzene rings is 2. The van der Waals surface area contributed by atoms with Crippen molar-refractivity contribution in [3.63, 3.8) is 0 Å². The quantitative estimate of drug-likeness (QED) is 0.811. The second-order valence-corrected chi connectivity index (χ2v) is 6.13. The summed E-state index contributed by atoms with van der Waals surface area (Å²) in [5.74, 6) is -0.219. The number of hydrogen-bond acceptors (Lipinski definition) is 3. The van der Waals surface area contributed by atoms with Gasteiger partial charge in [-0.3, -0.25) is 9.59 Å². The van der Waals surface area contributed by atoms with Crippen molar-refractivity contribution in [3.05, 3.63) is 59.7 Å². The summed E-state index contributed by atoms with van der Waals surface area (Å²) in [4.78, 5) is 24.6. The Hall–Kier alpha value is -2.82. The van der Waals surface area contributed by atoms with Crippen LogP contribution in [0.4, 0.5) is 11.4 Å². The van der Waals surface area contributed by atoms with Gasteiger partial charge in [0.15, 0.2) is 0 Å². The summed E-state index contributed by atoms with van der Waals surface area (Å²) in [5.41, 5.74) is 2.89. The van der Waals surface area contributed by atoms with Crippen molar-refractivity contribution in [2.24, 2.45) is 0 Å². The first-order valence-electron chi connectivity index (χ1n) is 8.10. The lowest BCUT2D eigenvalue weighted by Gasteiger charge is -2.19. The van der Waals surface area contributed by atoms with Gasteiger partial charge in [-0.25, -0.2) is 0 Å². The van der Waals surface area contributed by atoms with Gasteiger partial charge >= 0.3 is 0 Å². The molecule has 0 aliphatic carbocycles. The Labute approximate surface area is 141 Å². The van der Waals surface area contributed by atoms with Crippen LogP contribution in [-0.2, 0) is 4.79 Å². The fraction of sp³-hybridized carbons (Fsp3) is 0.263. The molecule has 5 nitrogen and oxygen atoms in total. The van der Waals surface area contributed by atoms with Gasteiger partial charge in [-0.05, 0) is 31.5 Å². The first-order chi connectivity index (χ1) is 11.5. The number of para-hydroxylation sites is 1. The number of hydrogen-bond donors (Lipinski definition) is 3. The summed E-state index contributed by atoms with van der Waals surface area (Å²) < 4.78 is 0. The standard InChI is InChI=1S/C19H21N3O2/c1-12-11-17(23)22-16-10-6-9-15(18(16)20-12)19(24)21-13(2)14-7-4-3-5-8-14/h3-10,12-13,20H,11H2,1-2H3,(H,21,24)(H,22,23)/t12-,13+/m1/s1. The molecule has 0 spiro atoms. The van der Waals surface area contributed by atoms with E-state index in [1.807, 2.05) is 44.2 Å². The van der Waals surface area contributed by atoms with Gasteiger partial charge in [-0.15, -0.1) is 0 Å². The van der Waals surface area contributed by atoms with Crippen LogP contribution in [0.15, 0.2) is 48.5 Å². The highest BCUT2D eigenvalue weighted by atomic mass is 16.2. The van der Waals surface area contributed by atoms with E-state index in [1.54, 1.807) is 18.2 Å². The molecule has 0 aromatic heterocycles. The van der Waals surface area contributed by atoms with Crippen LogP contribution in [0.2, 0.25) is 0 Å². The highest BCUT2D eigenvalue weighted by Gasteiger charge is 2.23. The molecule has 1 heterocycles. The maximum absolute atomic E-state index is 12.7. The van der Waals surface area contributed by atoms with Crippen LogP contribution in [0.3, 0.4) is 0 Å². The minimum absolute atomic E-state index is 0.0354. The number of carbonyl (C=O) groups is 2. The molecule has 0 bridgehead atoms. The molecule has 0 fully saturated rings. The Morgan fingerprint density at radius 2 is 1.92 bits per heavy atom. The van der Waals surface area contributed by atoms with Gasteiger partial charge in [-0.1, -0.05) is 36.4 Å². The number of carbonyl (C=O) groups excluding carboxylic acids is 2. The minimum atomic E-state index is -0.168. The lowest BCUT2D eigenvalue weighted by atomic mass is 10.1. The van der Waals surface area contributed by atoms with Crippen molar-refractivity contribution in [1.82, 2.24) is 5.32 Å². The van der Waals surface area contributed by atoms with Crippen molar-refractivity contribution in [2.45, 2.75) is 32.4 Å². The predicted octanol–water partition coefficient (Wildman–Crippen LogP) is 3.32. The van der Waals surface area contributed by atoms with E-state index in [0.717, 1.165) is 5.56 Å². The SMILES string of the molecule is C[C@@H]1CC(=O)Nc2cccc(C(=O)N[C@@H](C)c3ccccc3)c2N1. The lowest BCUT2D eigenvalue weighted by Crippen LogP contribution is -2.28. The normalized spacial score (nSPS) is 17.8. The molecule has 2 atom stereocenters. The number of fused-ring (bicyclic) bond motifs is 1. The molecule has 1 aliphatic heterocycles. The van der Waals surface area contributed by atoms with Crippen LogP contribution in [0.25, 0.3) is 0 Å². The maximum Gasteiger partial charge on any atom is 0.253 e. The molecule has 0 saturated carbocycles. The van der Waals surface area contributed by atoms with E-state index in [1.165, 1.54) is 0 Å². The summed E-state index contributed by atoms with van der Waals surface area (Å²) in [5, 5.41) is 9.14. The average Bonchev–Trinajstić information content (AvgIpc) is 2.71. The number of rotatable bonds is 3. The molecule has 124 valence electrons. The van der Waals surface area contributed by atoms with E-state index in [0.29, 0.717) is 23.4 Å². The Morgan fingerprint density at radius 3 is 2.67 bits per heavy atom. The lowest BCUT2D eigenvalue weighted by molar-refractivity contribution is -0.116. The van der Waals surface area contributed by atoms with Gasteiger partial charge in [0.25, 0.3) is 5.91 Å². The van der Waals surface area contributed by atoms with Crippen LogP contribution < -0.4 is 16.0 Å². The monoisotopic (exact) mass is 323 g/mol. The minimum Gasteiger partial charge on any atom is -0.380 e. The number of amides is 2. The fourth-order valence-electron chi connectivity index (χ4n) is 2.88. The van der Waals surface area contributed by atoms with Crippen LogP contribution in [-0.4, -0.2) is 17.9 Å². The number of nitrogens with one attached hydrogen (secondary N) is 3. The zero-order valence-electron chi connectivity index (χ0n) is 13.8. The molecular weight excluding hydrogens is 302 g/mol. The smallest absolute Gasteiger partial charge is 0.253 e. The predicted molar refractivity (Wildman–Crippen MR) is 95.1 cm³/mol. The largest absolute Gasteiger partial charge is 0.380 e. The molecule has 0 radical (unpaired) electrons. The highest BCUT2D eigenvalue weighted by Crippen LogP contribution is 2.30. The Kier molecular flexibility index (Phi) is 4.51. The van der Waals surface area contributed by atoms with Gasteiger partial charge in [0.1, 0.15) is 0 Å². The van der Waals surface area contributed by atoms with E-state index in [2.05, 4.69) is 16.0 Å². The second-order valence-electron chi connectivity index (χ2n) is 6.13. The van der Waals surface area contributed by atoms with E-state index in [4.69, 9.17) is 0 Å². The van der Waals surface area contributed by atoms with E-state index in [-0.39, 0.29) is 23.9 Å². The zero-order chi connectivity index (χ0) is 17.1. The molecule has 0 unspecified atom stereocenters. The molecule has 24 heavy (non-hydrogen) atoms. The first-order valence-corrected chi connectivity index (χ1v) is 8.10. The fourth-order valence-corrected chi connectivity index (χ4v) is 2.88. The molecule has 1 aliphatic rings. The van der Waals surface area contributed by atoms with Crippen molar-refractivity contribution < 1.29 is 9.59 Å². The van der Waals surface area contributed by atoms with Crippen molar-refractivity contribution in [3.8, 4) is 0 Å². The molecule has 3 N–H and O–H groups in total. The van der Waals surface area contributed by atoms with Gasteiger partial charge < -0.3 is 16.0 Å².